The van der Waals surface area contributed by atoms with Crippen molar-refractivity contribution in [2.75, 3.05) is 13.2 Å². The van der Waals surface area contributed by atoms with Gasteiger partial charge >= 0.3 is 5.97 Å². The molecule has 0 radical (unpaired) electrons. The molecule has 6 N–H and O–H groups in total. The van der Waals surface area contributed by atoms with Crippen molar-refractivity contribution in [1.82, 2.24) is 5.32 Å². The Bertz CT molecular complexity index is 1300. The molecule has 1 aliphatic heterocycles. The Kier molecular flexibility index (Phi) is 52.4. The van der Waals surface area contributed by atoms with Gasteiger partial charge in [-0.3, -0.25) is 9.59 Å². The van der Waals surface area contributed by atoms with E-state index in [2.05, 4.69) is 26.1 Å². The molecule has 0 spiro atoms. The second-order valence-corrected chi connectivity index (χ2v) is 23.6. The lowest BCUT2D eigenvalue weighted by molar-refractivity contribution is -0.305. The van der Waals surface area contributed by atoms with Crippen LogP contribution in [0.2, 0.25) is 0 Å². The average molecular weight is 1090 g/mol. The minimum atomic E-state index is -1.61. The summed E-state index contributed by atoms with van der Waals surface area (Å²) < 4.78 is 17.7. The highest BCUT2D eigenvalue weighted by atomic mass is 16.7. The zero-order valence-electron chi connectivity index (χ0n) is 50.6. The lowest BCUT2D eigenvalue weighted by Crippen LogP contribution is -2.61. The number of hydrogen-bond acceptors (Lipinski definition) is 10. The SMILES string of the molecule is CCCCCCCCCCC/C=C/C(O)C(COC1OC(CO)C(O)C(O)C1OC(=O)CCCCCCCCCCCCCCCCCCCCC)NC(=O)C(O)CCCCCCCCCCCCCCCCCCCC. The number of carbonyl (C=O) groups is 2. The first-order chi connectivity index (χ1) is 37.7. The van der Waals surface area contributed by atoms with Crippen LogP contribution in [-0.2, 0) is 23.8 Å². The zero-order valence-corrected chi connectivity index (χ0v) is 50.6. The molecular weight excluding hydrogens is 967 g/mol. The zero-order chi connectivity index (χ0) is 56.1. The molecule has 0 aromatic rings. The minimum absolute atomic E-state index is 0.132. The molecule has 8 atom stereocenters. The third kappa shape index (κ3) is 42.9. The van der Waals surface area contributed by atoms with Crippen LogP contribution < -0.4 is 5.32 Å². The van der Waals surface area contributed by atoms with Gasteiger partial charge in [0.15, 0.2) is 12.4 Å². The molecule has 11 heteroatoms. The first kappa shape index (κ1) is 73.4. The molecule has 1 amide bonds. The van der Waals surface area contributed by atoms with Crippen molar-refractivity contribution in [3.05, 3.63) is 12.2 Å². The predicted molar refractivity (Wildman–Crippen MR) is 320 cm³/mol. The fourth-order valence-corrected chi connectivity index (χ4v) is 10.9. The predicted octanol–water partition coefficient (Wildman–Crippen LogP) is 16.3. The summed E-state index contributed by atoms with van der Waals surface area (Å²) in [5, 5.41) is 57.1. The van der Waals surface area contributed by atoms with Crippen LogP contribution >= 0.6 is 0 Å². The van der Waals surface area contributed by atoms with Crippen molar-refractivity contribution in [1.29, 1.82) is 0 Å². The third-order valence-corrected chi connectivity index (χ3v) is 16.2. The molecule has 0 aromatic heterocycles. The average Bonchev–Trinajstić information content (AvgIpc) is 3.43. The quantitative estimate of drug-likeness (QED) is 0.0195. The van der Waals surface area contributed by atoms with Gasteiger partial charge in [-0.2, -0.15) is 0 Å². The van der Waals surface area contributed by atoms with Crippen molar-refractivity contribution in [2.45, 2.75) is 384 Å². The van der Waals surface area contributed by atoms with Crippen LogP contribution in [0.25, 0.3) is 0 Å². The number of aliphatic hydroxyl groups is 5. The summed E-state index contributed by atoms with van der Waals surface area (Å²) in [6, 6.07) is -1.02. The van der Waals surface area contributed by atoms with Crippen LogP contribution in [0.15, 0.2) is 12.2 Å². The molecule has 77 heavy (non-hydrogen) atoms. The van der Waals surface area contributed by atoms with Crippen molar-refractivity contribution < 1.29 is 49.3 Å². The van der Waals surface area contributed by atoms with Crippen LogP contribution in [0.5, 0.6) is 0 Å². The van der Waals surface area contributed by atoms with E-state index >= 15 is 0 Å². The van der Waals surface area contributed by atoms with Crippen LogP contribution in [-0.4, -0.2) is 99.6 Å². The van der Waals surface area contributed by atoms with Gasteiger partial charge in [0.25, 0.3) is 0 Å². The molecule has 1 heterocycles. The Hall–Kier alpha value is -1.60. The Labute approximate surface area is 474 Å². The molecule has 1 rings (SSSR count). The van der Waals surface area contributed by atoms with Gasteiger partial charge in [-0.05, 0) is 25.7 Å². The summed E-state index contributed by atoms with van der Waals surface area (Å²) in [5.41, 5.74) is 0. The molecule has 0 bridgehead atoms. The van der Waals surface area contributed by atoms with Crippen molar-refractivity contribution in [2.24, 2.45) is 0 Å². The van der Waals surface area contributed by atoms with Gasteiger partial charge in [0, 0.05) is 6.42 Å². The summed E-state index contributed by atoms with van der Waals surface area (Å²) in [4.78, 5) is 26.6. The largest absolute Gasteiger partial charge is 0.454 e. The second-order valence-electron chi connectivity index (χ2n) is 23.6. The molecule has 11 nitrogen and oxygen atoms in total. The number of unbranched alkanes of at least 4 members (excludes halogenated alkanes) is 44. The molecule has 8 unspecified atom stereocenters. The fourth-order valence-electron chi connectivity index (χ4n) is 10.9. The Balaban J connectivity index is 2.60. The number of amides is 1. The van der Waals surface area contributed by atoms with Gasteiger partial charge in [0.05, 0.1) is 25.4 Å². The number of esters is 1. The standard InChI is InChI=1S/C66H127NO10/c1-4-7-10-13-16-19-22-24-26-28-30-32-34-36-39-42-45-48-51-54-61(71)77-64-63(73)62(72)60(55-68)76-66(64)75-56-57(58(69)52-49-46-43-40-37-21-18-15-12-9-6-3)67-65(74)59(70)53-50-47-44-41-38-35-33-31-29-27-25-23-20-17-14-11-8-5-2/h49,52,57-60,62-64,66,68-70,72-73H,4-48,50-51,53-56H2,1-3H3,(H,67,74)/b52-49+. The van der Waals surface area contributed by atoms with E-state index in [1.54, 1.807) is 6.08 Å². The molecular formula is C66H127NO10. The molecule has 1 fully saturated rings. The highest BCUT2D eigenvalue weighted by Crippen LogP contribution is 2.26. The van der Waals surface area contributed by atoms with E-state index in [1.165, 1.54) is 231 Å². The molecule has 0 aliphatic carbocycles. The minimum Gasteiger partial charge on any atom is -0.454 e. The monoisotopic (exact) mass is 1090 g/mol. The normalized spacial score (nSPS) is 19.0. The van der Waals surface area contributed by atoms with E-state index in [9.17, 15) is 35.1 Å². The van der Waals surface area contributed by atoms with Gasteiger partial charge in [-0.1, -0.05) is 315 Å². The summed E-state index contributed by atoms with van der Waals surface area (Å²) in [7, 11) is 0. The van der Waals surface area contributed by atoms with E-state index in [0.29, 0.717) is 19.3 Å². The summed E-state index contributed by atoms with van der Waals surface area (Å²) >= 11 is 0. The van der Waals surface area contributed by atoms with E-state index in [0.717, 1.165) is 57.8 Å². The van der Waals surface area contributed by atoms with E-state index in [4.69, 9.17) is 14.2 Å². The number of rotatable bonds is 58. The number of allylic oxidation sites excluding steroid dienone is 1. The van der Waals surface area contributed by atoms with Gasteiger partial charge in [0.1, 0.15) is 24.4 Å². The van der Waals surface area contributed by atoms with Gasteiger partial charge in [0.2, 0.25) is 5.91 Å². The molecule has 1 saturated heterocycles. The van der Waals surface area contributed by atoms with Crippen molar-refractivity contribution in [3.8, 4) is 0 Å². The summed E-state index contributed by atoms with van der Waals surface area (Å²) in [5.74, 6) is -1.17. The lowest BCUT2D eigenvalue weighted by atomic mass is 9.99. The Morgan fingerprint density at radius 3 is 1.22 bits per heavy atom. The number of nitrogens with one attached hydrogen (secondary N) is 1. The number of carbonyl (C=O) groups excluding carboxylic acids is 2. The smallest absolute Gasteiger partial charge is 0.306 e. The maximum Gasteiger partial charge on any atom is 0.306 e. The van der Waals surface area contributed by atoms with Gasteiger partial charge < -0.3 is 45.1 Å². The second kappa shape index (κ2) is 55.0. The van der Waals surface area contributed by atoms with Crippen LogP contribution in [0, 0.1) is 0 Å². The first-order valence-corrected chi connectivity index (χ1v) is 33.5. The highest BCUT2D eigenvalue weighted by molar-refractivity contribution is 5.80. The summed E-state index contributed by atoms with van der Waals surface area (Å²) in [6.07, 6.45) is 52.5. The van der Waals surface area contributed by atoms with Crippen LogP contribution in [0.4, 0.5) is 0 Å². The molecule has 1 aliphatic rings. The van der Waals surface area contributed by atoms with Gasteiger partial charge in [-0.15, -0.1) is 0 Å². The maximum atomic E-state index is 13.4. The third-order valence-electron chi connectivity index (χ3n) is 16.2. The lowest BCUT2D eigenvalue weighted by Gasteiger charge is -2.41. The topological polar surface area (TPSA) is 175 Å². The number of aliphatic hydroxyl groups excluding tert-OH is 5. The fraction of sp³-hybridized carbons (Fsp3) is 0.939. The van der Waals surface area contributed by atoms with Crippen LogP contribution in [0.3, 0.4) is 0 Å². The van der Waals surface area contributed by atoms with E-state index in [1.807, 2.05) is 6.08 Å². The number of ether oxygens (including phenoxy) is 3. The molecule has 0 aromatic carbocycles. The highest BCUT2D eigenvalue weighted by Gasteiger charge is 2.47. The van der Waals surface area contributed by atoms with Crippen LogP contribution in [0.1, 0.15) is 335 Å². The Morgan fingerprint density at radius 1 is 0.494 bits per heavy atom. The Morgan fingerprint density at radius 2 is 0.844 bits per heavy atom. The molecule has 0 saturated carbocycles. The van der Waals surface area contributed by atoms with E-state index in [-0.39, 0.29) is 13.0 Å². The van der Waals surface area contributed by atoms with Gasteiger partial charge in [-0.25, -0.2) is 0 Å². The first-order valence-electron chi connectivity index (χ1n) is 33.5. The summed E-state index contributed by atoms with van der Waals surface area (Å²) in [6.45, 7) is 5.84. The molecule has 456 valence electrons. The van der Waals surface area contributed by atoms with Crippen molar-refractivity contribution in [3.63, 3.8) is 0 Å². The van der Waals surface area contributed by atoms with E-state index < -0.39 is 67.4 Å². The number of hydrogen-bond donors (Lipinski definition) is 6. The maximum absolute atomic E-state index is 13.4. The van der Waals surface area contributed by atoms with Crippen molar-refractivity contribution >= 4 is 11.9 Å².